The van der Waals surface area contributed by atoms with Crippen molar-refractivity contribution >= 4 is 28.6 Å². The molecule has 1 aromatic heterocycles. The first kappa shape index (κ1) is 17.4. The van der Waals surface area contributed by atoms with Crippen molar-refractivity contribution in [1.29, 1.82) is 0 Å². The average molecular weight is 362 g/mol. The summed E-state index contributed by atoms with van der Waals surface area (Å²) in [6, 6.07) is 6.55. The third kappa shape index (κ3) is 3.64. The largest absolute Gasteiger partial charge is 0.495 e. The summed E-state index contributed by atoms with van der Waals surface area (Å²) in [5.41, 5.74) is 1.55. The lowest BCUT2D eigenvalue weighted by Gasteiger charge is -2.29. The number of nitrogens with zero attached hydrogens (tertiary/aromatic N) is 1. The van der Waals surface area contributed by atoms with Crippen molar-refractivity contribution < 1.29 is 19.4 Å². The molecule has 1 amide bonds. The molecular weight excluding hydrogens is 342 g/mol. The molecule has 1 aromatic carbocycles. The number of non-ortho nitro benzene ring substituents is 1. The third-order valence-electron chi connectivity index (χ3n) is 4.59. The molecule has 0 radical (unpaired) electrons. The third-order valence-corrected chi connectivity index (χ3v) is 5.58. The molecule has 0 saturated heterocycles. The van der Waals surface area contributed by atoms with Crippen molar-refractivity contribution in [2.45, 2.75) is 19.4 Å². The molecule has 2 atom stereocenters. The molecule has 1 aliphatic rings. The second-order valence-corrected chi connectivity index (χ2v) is 7.05. The van der Waals surface area contributed by atoms with Gasteiger partial charge in [-0.2, -0.15) is 0 Å². The number of nitro benzene ring substituents is 1. The van der Waals surface area contributed by atoms with Gasteiger partial charge in [-0.3, -0.25) is 14.9 Å². The van der Waals surface area contributed by atoms with Gasteiger partial charge in [0.2, 0.25) is 0 Å². The number of carbonyl (C=O) groups is 1. The van der Waals surface area contributed by atoms with E-state index < -0.39 is 4.92 Å². The van der Waals surface area contributed by atoms with Crippen molar-refractivity contribution in [3.63, 3.8) is 0 Å². The lowest BCUT2D eigenvalue weighted by molar-refractivity contribution is -0.923. The summed E-state index contributed by atoms with van der Waals surface area (Å²) in [4.78, 5) is 25.5. The number of ether oxygens (including phenoxy) is 1. The van der Waals surface area contributed by atoms with E-state index in [1.807, 2.05) is 0 Å². The number of nitro groups is 1. The number of methoxy groups -OCH3 is 1. The normalized spacial score (nSPS) is 19.1. The van der Waals surface area contributed by atoms with Crippen molar-refractivity contribution in [3.8, 4) is 5.75 Å². The number of nitrogens with one attached hydrogen (secondary N) is 2. The first-order valence-electron chi connectivity index (χ1n) is 8.02. The number of amides is 1. The van der Waals surface area contributed by atoms with Crippen LogP contribution in [0.1, 0.15) is 23.4 Å². The predicted octanol–water partition coefficient (Wildman–Crippen LogP) is 1.81. The van der Waals surface area contributed by atoms with E-state index >= 15 is 0 Å². The minimum Gasteiger partial charge on any atom is -0.495 e. The van der Waals surface area contributed by atoms with Crippen LogP contribution in [-0.4, -0.2) is 31.0 Å². The smallest absolute Gasteiger partial charge is 0.279 e. The topological polar surface area (TPSA) is 85.9 Å². The number of quaternary nitrogens is 1. The predicted molar refractivity (Wildman–Crippen MR) is 95.4 cm³/mol. The van der Waals surface area contributed by atoms with E-state index in [1.54, 1.807) is 11.3 Å². The van der Waals surface area contributed by atoms with E-state index in [9.17, 15) is 14.9 Å². The van der Waals surface area contributed by atoms with Gasteiger partial charge in [0.05, 0.1) is 24.3 Å². The highest BCUT2D eigenvalue weighted by atomic mass is 32.1. The number of rotatable bonds is 5. The quantitative estimate of drug-likeness (QED) is 0.627. The molecule has 0 fully saturated rings. The summed E-state index contributed by atoms with van der Waals surface area (Å²) in [6.07, 6.45) is 0.972. The summed E-state index contributed by atoms with van der Waals surface area (Å²) in [7, 11) is 1.47. The highest BCUT2D eigenvalue weighted by Crippen LogP contribution is 2.29. The second-order valence-electron chi connectivity index (χ2n) is 6.05. The fourth-order valence-electron chi connectivity index (χ4n) is 3.20. The Morgan fingerprint density at radius 2 is 2.28 bits per heavy atom. The van der Waals surface area contributed by atoms with E-state index in [4.69, 9.17) is 4.74 Å². The Bertz CT molecular complexity index is 805. The lowest BCUT2D eigenvalue weighted by Crippen LogP contribution is -3.14. The maximum absolute atomic E-state index is 12.5. The molecule has 1 aliphatic heterocycles. The van der Waals surface area contributed by atoms with Gasteiger partial charge in [-0.15, -0.1) is 11.3 Å². The Morgan fingerprint density at radius 1 is 1.48 bits per heavy atom. The first-order valence-corrected chi connectivity index (χ1v) is 8.90. The molecular formula is C17H20N3O4S+. The zero-order valence-electron chi connectivity index (χ0n) is 14.1. The second kappa shape index (κ2) is 7.20. The van der Waals surface area contributed by atoms with Gasteiger partial charge in [-0.1, -0.05) is 0 Å². The number of hydrogen-bond acceptors (Lipinski definition) is 5. The summed E-state index contributed by atoms with van der Waals surface area (Å²) in [6.45, 7) is 3.33. The van der Waals surface area contributed by atoms with Crippen molar-refractivity contribution in [2.24, 2.45) is 0 Å². The zero-order chi connectivity index (χ0) is 18.0. The molecule has 2 heterocycles. The van der Waals surface area contributed by atoms with Crippen LogP contribution in [0.5, 0.6) is 5.75 Å². The Labute approximate surface area is 149 Å². The fraction of sp³-hybridized carbons (Fsp3) is 0.353. The number of hydrogen-bond donors (Lipinski definition) is 2. The Morgan fingerprint density at radius 3 is 3.00 bits per heavy atom. The van der Waals surface area contributed by atoms with E-state index in [-0.39, 0.29) is 17.6 Å². The van der Waals surface area contributed by atoms with Crippen molar-refractivity contribution in [1.82, 2.24) is 0 Å². The molecule has 0 spiro atoms. The van der Waals surface area contributed by atoms with Crippen LogP contribution in [0.25, 0.3) is 0 Å². The van der Waals surface area contributed by atoms with Gasteiger partial charge < -0.3 is 15.0 Å². The zero-order valence-corrected chi connectivity index (χ0v) is 14.9. The molecule has 0 aliphatic carbocycles. The van der Waals surface area contributed by atoms with Crippen LogP contribution in [0.4, 0.5) is 11.4 Å². The monoisotopic (exact) mass is 362 g/mol. The molecule has 0 bridgehead atoms. The van der Waals surface area contributed by atoms with E-state index in [1.165, 1.54) is 40.6 Å². The Balaban J connectivity index is 1.71. The molecule has 2 aromatic rings. The Hall–Kier alpha value is -2.45. The number of benzene rings is 1. The van der Waals surface area contributed by atoms with Crippen LogP contribution in [0, 0.1) is 10.1 Å². The minimum atomic E-state index is -0.495. The number of thiophene rings is 1. The van der Waals surface area contributed by atoms with Crippen molar-refractivity contribution in [3.05, 3.63) is 50.2 Å². The van der Waals surface area contributed by atoms with Crippen molar-refractivity contribution in [2.75, 3.05) is 25.5 Å². The molecule has 132 valence electrons. The van der Waals surface area contributed by atoms with Crippen LogP contribution < -0.4 is 15.0 Å². The standard InChI is InChI=1S/C17H19N3O4S/c1-11-13-6-8-25-16(13)5-7-19(11)10-17(21)18-14-9-12(20(22)23)3-4-15(14)24-2/h3-4,6,8-9,11H,5,7,10H2,1-2H3,(H,18,21)/p+1/t11-/m0/s1. The molecule has 8 heteroatoms. The van der Waals surface area contributed by atoms with Gasteiger partial charge in [0.1, 0.15) is 11.8 Å². The van der Waals surface area contributed by atoms with Gasteiger partial charge >= 0.3 is 0 Å². The maximum Gasteiger partial charge on any atom is 0.279 e. The molecule has 1 unspecified atom stereocenters. The summed E-state index contributed by atoms with van der Waals surface area (Å²) in [5, 5.41) is 15.8. The van der Waals surface area contributed by atoms with E-state index in [2.05, 4.69) is 23.7 Å². The van der Waals surface area contributed by atoms with Crippen LogP contribution >= 0.6 is 11.3 Å². The highest BCUT2D eigenvalue weighted by Gasteiger charge is 2.30. The van der Waals surface area contributed by atoms with Crippen LogP contribution in [0.3, 0.4) is 0 Å². The Kier molecular flexibility index (Phi) is 5.00. The number of fused-ring (bicyclic) bond motifs is 1. The van der Waals surface area contributed by atoms with Gasteiger partial charge in [0.25, 0.3) is 11.6 Å². The number of carbonyl (C=O) groups excluding carboxylic acids is 1. The number of anilines is 1. The highest BCUT2D eigenvalue weighted by molar-refractivity contribution is 7.10. The van der Waals surface area contributed by atoms with Crippen LogP contribution in [0.15, 0.2) is 29.6 Å². The SMILES string of the molecule is COc1ccc([N+](=O)[O-])cc1NC(=O)C[NH+]1CCc2sccc2[C@@H]1C. The van der Waals surface area contributed by atoms with E-state index in [0.29, 0.717) is 18.0 Å². The minimum absolute atomic E-state index is 0.0855. The first-order chi connectivity index (χ1) is 12.0. The van der Waals surface area contributed by atoms with Gasteiger partial charge in [0, 0.05) is 29.0 Å². The van der Waals surface area contributed by atoms with Crippen LogP contribution in [0.2, 0.25) is 0 Å². The van der Waals surface area contributed by atoms with Gasteiger partial charge in [-0.05, 0) is 24.4 Å². The summed E-state index contributed by atoms with van der Waals surface area (Å²) < 4.78 is 5.19. The fourth-order valence-corrected chi connectivity index (χ4v) is 4.18. The molecule has 7 nitrogen and oxygen atoms in total. The molecule has 0 saturated carbocycles. The van der Waals surface area contributed by atoms with Crippen LogP contribution in [-0.2, 0) is 11.2 Å². The summed E-state index contributed by atoms with van der Waals surface area (Å²) in [5.74, 6) is 0.222. The van der Waals surface area contributed by atoms with Gasteiger partial charge in [-0.25, -0.2) is 0 Å². The van der Waals surface area contributed by atoms with Gasteiger partial charge in [0.15, 0.2) is 6.54 Å². The molecule has 3 rings (SSSR count). The average Bonchev–Trinajstić information content (AvgIpc) is 3.06. The lowest BCUT2D eigenvalue weighted by atomic mass is 10.0. The van der Waals surface area contributed by atoms with E-state index in [0.717, 1.165) is 13.0 Å². The summed E-state index contributed by atoms with van der Waals surface area (Å²) >= 11 is 1.77. The molecule has 25 heavy (non-hydrogen) atoms. The maximum atomic E-state index is 12.5. The molecule has 2 N–H and O–H groups in total.